The molecule has 0 bridgehead atoms. The summed E-state index contributed by atoms with van der Waals surface area (Å²) in [6, 6.07) is 16.3. The van der Waals surface area contributed by atoms with E-state index in [1.54, 1.807) is 0 Å². The van der Waals surface area contributed by atoms with Crippen molar-refractivity contribution in [2.24, 2.45) is 5.92 Å². The first-order chi connectivity index (χ1) is 14.6. The summed E-state index contributed by atoms with van der Waals surface area (Å²) in [5, 5.41) is 0. The van der Waals surface area contributed by atoms with Crippen LogP contribution in [-0.4, -0.2) is 54.1 Å². The smallest absolute Gasteiger partial charge is 0.226 e. The summed E-state index contributed by atoms with van der Waals surface area (Å²) >= 11 is 0. The second-order valence-corrected chi connectivity index (χ2v) is 9.20. The molecule has 1 aliphatic carbocycles. The van der Waals surface area contributed by atoms with E-state index in [0.29, 0.717) is 11.9 Å². The molecule has 5 rings (SSSR count). The van der Waals surface area contributed by atoms with Crippen LogP contribution < -0.4 is 0 Å². The van der Waals surface area contributed by atoms with E-state index in [1.165, 1.54) is 27.8 Å². The predicted molar refractivity (Wildman–Crippen MR) is 119 cm³/mol. The van der Waals surface area contributed by atoms with Gasteiger partial charge in [0.2, 0.25) is 5.91 Å². The Bertz CT molecular complexity index is 934. The van der Waals surface area contributed by atoms with Gasteiger partial charge < -0.3 is 9.64 Å². The van der Waals surface area contributed by atoms with E-state index in [4.69, 9.17) is 4.74 Å². The highest BCUT2D eigenvalue weighted by Gasteiger charge is 2.36. The Kier molecular flexibility index (Phi) is 5.38. The molecule has 0 N–H and O–H groups in total. The zero-order valence-corrected chi connectivity index (χ0v) is 18.1. The third kappa shape index (κ3) is 3.57. The van der Waals surface area contributed by atoms with Crippen LogP contribution in [0.4, 0.5) is 0 Å². The maximum Gasteiger partial charge on any atom is 0.226 e. The number of benzene rings is 2. The Morgan fingerprint density at radius 3 is 2.57 bits per heavy atom. The molecule has 2 aromatic carbocycles. The number of nitrogens with zero attached hydrogens (tertiary/aromatic N) is 2. The van der Waals surface area contributed by atoms with Gasteiger partial charge in [-0.25, -0.2) is 0 Å². The molecule has 4 nitrogen and oxygen atoms in total. The van der Waals surface area contributed by atoms with Gasteiger partial charge in [-0.15, -0.1) is 0 Å². The van der Waals surface area contributed by atoms with Crippen LogP contribution in [-0.2, 0) is 22.5 Å². The molecule has 2 heterocycles. The van der Waals surface area contributed by atoms with Crippen molar-refractivity contribution < 1.29 is 9.53 Å². The summed E-state index contributed by atoms with van der Waals surface area (Å²) in [6.45, 7) is 8.67. The van der Waals surface area contributed by atoms with Crippen LogP contribution in [0.1, 0.15) is 43.4 Å². The third-order valence-corrected chi connectivity index (χ3v) is 7.49. The van der Waals surface area contributed by atoms with Gasteiger partial charge >= 0.3 is 0 Å². The van der Waals surface area contributed by atoms with Crippen molar-refractivity contribution in [2.75, 3.05) is 26.3 Å². The first-order valence-electron chi connectivity index (χ1n) is 11.4. The van der Waals surface area contributed by atoms with E-state index in [-0.39, 0.29) is 12.0 Å². The molecule has 0 saturated carbocycles. The lowest BCUT2D eigenvalue weighted by Crippen LogP contribution is -2.59. The SMILES string of the molecule is C[C@@H]1[C@@H](C)N(C(=O)C2CCOCC2)CCN1Cc1ccc2c(c1)Cc1ccccc1-2. The molecular weight excluding hydrogens is 372 g/mol. The van der Waals surface area contributed by atoms with E-state index < -0.39 is 0 Å². The number of hydrogen-bond donors (Lipinski definition) is 0. The Morgan fingerprint density at radius 1 is 0.967 bits per heavy atom. The van der Waals surface area contributed by atoms with Crippen molar-refractivity contribution in [1.82, 2.24) is 9.80 Å². The third-order valence-electron chi connectivity index (χ3n) is 7.49. The summed E-state index contributed by atoms with van der Waals surface area (Å²) < 4.78 is 5.44. The summed E-state index contributed by atoms with van der Waals surface area (Å²) in [4.78, 5) is 17.7. The monoisotopic (exact) mass is 404 g/mol. The zero-order chi connectivity index (χ0) is 20.7. The summed E-state index contributed by atoms with van der Waals surface area (Å²) in [5.74, 6) is 0.492. The molecular formula is C26H32N2O2. The van der Waals surface area contributed by atoms with Crippen LogP contribution >= 0.6 is 0 Å². The lowest BCUT2D eigenvalue weighted by molar-refractivity contribution is -0.145. The maximum absolute atomic E-state index is 13.1. The van der Waals surface area contributed by atoms with Gasteiger partial charge in [0, 0.05) is 50.8 Å². The quantitative estimate of drug-likeness (QED) is 0.659. The minimum Gasteiger partial charge on any atom is -0.381 e. The van der Waals surface area contributed by atoms with Crippen LogP contribution in [0.2, 0.25) is 0 Å². The van der Waals surface area contributed by atoms with E-state index in [9.17, 15) is 4.79 Å². The molecule has 2 aliphatic heterocycles. The fourth-order valence-corrected chi connectivity index (χ4v) is 5.45. The second kappa shape index (κ2) is 8.16. The van der Waals surface area contributed by atoms with E-state index >= 15 is 0 Å². The Balaban J connectivity index is 1.26. The molecule has 158 valence electrons. The highest BCUT2D eigenvalue weighted by molar-refractivity contribution is 5.79. The Labute approximate surface area is 179 Å². The standard InChI is InChI=1S/C26H32N2O2/c1-18-19(2)28(26(29)21-9-13-30-14-10-21)12-11-27(18)17-20-7-8-25-23(15-20)16-22-5-3-4-6-24(22)25/h3-8,15,18-19,21H,9-14,16-17H2,1-2H3/t18-,19-/m1/s1. The highest BCUT2D eigenvalue weighted by atomic mass is 16.5. The zero-order valence-electron chi connectivity index (χ0n) is 18.1. The Hall–Kier alpha value is -2.17. The average Bonchev–Trinajstić information content (AvgIpc) is 3.15. The van der Waals surface area contributed by atoms with Crippen LogP contribution in [0.25, 0.3) is 11.1 Å². The van der Waals surface area contributed by atoms with Crippen molar-refractivity contribution >= 4 is 5.91 Å². The number of amides is 1. The summed E-state index contributed by atoms with van der Waals surface area (Å²) in [7, 11) is 0. The number of rotatable bonds is 3. The lowest BCUT2D eigenvalue weighted by Gasteiger charge is -2.46. The molecule has 2 aromatic rings. The van der Waals surface area contributed by atoms with Gasteiger partial charge in [-0.05, 0) is 60.9 Å². The number of carbonyl (C=O) groups excluding carboxylic acids is 1. The number of hydrogen-bond acceptors (Lipinski definition) is 3. The molecule has 2 fully saturated rings. The molecule has 30 heavy (non-hydrogen) atoms. The molecule has 0 spiro atoms. The van der Waals surface area contributed by atoms with Gasteiger partial charge in [0.15, 0.2) is 0 Å². The summed E-state index contributed by atoms with van der Waals surface area (Å²) in [6.07, 6.45) is 2.79. The lowest BCUT2D eigenvalue weighted by atomic mass is 9.95. The van der Waals surface area contributed by atoms with Gasteiger partial charge in [-0.2, -0.15) is 0 Å². The minimum atomic E-state index is 0.151. The predicted octanol–water partition coefficient (Wildman–Crippen LogP) is 4.11. The maximum atomic E-state index is 13.1. The first-order valence-corrected chi connectivity index (χ1v) is 11.4. The van der Waals surface area contributed by atoms with Crippen molar-refractivity contribution in [3.63, 3.8) is 0 Å². The number of fused-ring (bicyclic) bond motifs is 3. The normalized spacial score (nSPS) is 24.5. The van der Waals surface area contributed by atoms with E-state index in [1.807, 2.05) is 0 Å². The van der Waals surface area contributed by atoms with E-state index in [0.717, 1.165) is 52.1 Å². The fraction of sp³-hybridized carbons (Fsp3) is 0.500. The summed E-state index contributed by atoms with van der Waals surface area (Å²) in [5.41, 5.74) is 7.04. The van der Waals surface area contributed by atoms with Gasteiger partial charge in [0.25, 0.3) is 0 Å². The molecule has 1 amide bonds. The van der Waals surface area contributed by atoms with Crippen LogP contribution in [0.3, 0.4) is 0 Å². The minimum absolute atomic E-state index is 0.151. The molecule has 0 unspecified atom stereocenters. The molecule has 3 aliphatic rings. The molecule has 4 heteroatoms. The second-order valence-electron chi connectivity index (χ2n) is 9.20. The van der Waals surface area contributed by atoms with Crippen molar-refractivity contribution in [3.8, 4) is 11.1 Å². The number of carbonyl (C=O) groups is 1. The topological polar surface area (TPSA) is 32.8 Å². The van der Waals surface area contributed by atoms with Crippen LogP contribution in [0, 0.1) is 5.92 Å². The molecule has 0 radical (unpaired) electrons. The highest BCUT2D eigenvalue weighted by Crippen LogP contribution is 2.37. The van der Waals surface area contributed by atoms with Crippen LogP contribution in [0.5, 0.6) is 0 Å². The van der Waals surface area contributed by atoms with Gasteiger partial charge in [-0.3, -0.25) is 9.69 Å². The van der Waals surface area contributed by atoms with Crippen molar-refractivity contribution in [3.05, 3.63) is 59.2 Å². The largest absolute Gasteiger partial charge is 0.381 e. The Morgan fingerprint density at radius 2 is 1.73 bits per heavy atom. The average molecular weight is 405 g/mol. The van der Waals surface area contributed by atoms with Crippen molar-refractivity contribution in [2.45, 2.75) is 51.7 Å². The first kappa shape index (κ1) is 19.8. The molecule has 0 aromatic heterocycles. The van der Waals surface area contributed by atoms with Gasteiger partial charge in [0.05, 0.1) is 0 Å². The fourth-order valence-electron chi connectivity index (χ4n) is 5.45. The van der Waals surface area contributed by atoms with Gasteiger partial charge in [-0.1, -0.05) is 42.5 Å². The molecule has 2 atom stereocenters. The number of ether oxygens (including phenoxy) is 1. The number of piperazine rings is 1. The van der Waals surface area contributed by atoms with Gasteiger partial charge in [0.1, 0.15) is 0 Å². The molecule has 2 saturated heterocycles. The van der Waals surface area contributed by atoms with Crippen molar-refractivity contribution in [1.29, 1.82) is 0 Å². The van der Waals surface area contributed by atoms with Crippen LogP contribution in [0.15, 0.2) is 42.5 Å². The van der Waals surface area contributed by atoms with E-state index in [2.05, 4.69) is 66.1 Å².